The van der Waals surface area contributed by atoms with Crippen molar-refractivity contribution >= 4 is 39.9 Å². The summed E-state index contributed by atoms with van der Waals surface area (Å²) in [4.78, 5) is 26.5. The first kappa shape index (κ1) is 20.0. The second-order valence-electron chi connectivity index (χ2n) is 7.58. The molecule has 1 aliphatic rings. The van der Waals surface area contributed by atoms with Gasteiger partial charge < -0.3 is 5.32 Å². The Morgan fingerprint density at radius 1 is 0.844 bits per heavy atom. The molecular formula is C27H18N2O2S. The van der Waals surface area contributed by atoms with E-state index in [1.54, 1.807) is 12.1 Å². The Balaban J connectivity index is 1.39. The molecule has 1 N–H and O–H groups in total. The lowest BCUT2D eigenvalue weighted by molar-refractivity contribution is -0.113. The Morgan fingerprint density at radius 2 is 1.59 bits per heavy atom. The molecule has 0 unspecified atom stereocenters. The number of benzene rings is 4. The maximum Gasteiger partial charge on any atom is 0.234 e. The number of anilines is 1. The average molecular weight is 435 g/mol. The van der Waals surface area contributed by atoms with E-state index in [2.05, 4.69) is 11.4 Å². The number of carbonyl (C=O) groups is 2. The van der Waals surface area contributed by atoms with E-state index in [4.69, 9.17) is 5.26 Å². The van der Waals surface area contributed by atoms with Gasteiger partial charge in [-0.15, -0.1) is 11.8 Å². The zero-order valence-corrected chi connectivity index (χ0v) is 17.9. The highest BCUT2D eigenvalue weighted by Gasteiger charge is 2.25. The summed E-state index contributed by atoms with van der Waals surface area (Å²) in [6, 6.07) is 27.0. The fourth-order valence-electron chi connectivity index (χ4n) is 4.12. The van der Waals surface area contributed by atoms with Crippen LogP contribution in [0.2, 0.25) is 0 Å². The van der Waals surface area contributed by atoms with Crippen molar-refractivity contribution in [3.63, 3.8) is 0 Å². The number of thioether (sulfide) groups is 1. The highest BCUT2D eigenvalue weighted by molar-refractivity contribution is 8.00. The molecule has 0 fully saturated rings. The summed E-state index contributed by atoms with van der Waals surface area (Å²) >= 11 is 1.46. The number of nitrogens with zero attached hydrogens (tertiary/aromatic N) is 1. The van der Waals surface area contributed by atoms with E-state index in [9.17, 15) is 9.59 Å². The quantitative estimate of drug-likeness (QED) is 0.352. The lowest BCUT2D eigenvalue weighted by Gasteiger charge is -2.21. The topological polar surface area (TPSA) is 70.0 Å². The molecule has 4 aromatic carbocycles. The Hall–Kier alpha value is -3.88. The van der Waals surface area contributed by atoms with Crippen LogP contribution in [0.3, 0.4) is 0 Å². The minimum Gasteiger partial charge on any atom is -0.325 e. The van der Waals surface area contributed by atoms with Crippen LogP contribution in [0.15, 0.2) is 83.8 Å². The maximum atomic E-state index is 13.1. The van der Waals surface area contributed by atoms with Crippen LogP contribution in [0.4, 0.5) is 5.69 Å². The molecule has 5 heteroatoms. The Labute approximate surface area is 189 Å². The number of nitrogens with one attached hydrogen (secondary N) is 1. The number of hydrogen-bond donors (Lipinski definition) is 1. The standard InChI is InChI=1S/C27H18N2O2S/c28-15-14-17-8-10-18(11-9-17)29-25(30)16-32-24-13-12-20-19-4-1-2-5-21(19)27(31)23-7-3-6-22(24)26(20)23/h1-13H,14,16H2,(H,29,30). The van der Waals surface area contributed by atoms with Crippen molar-refractivity contribution in [1.82, 2.24) is 0 Å². The summed E-state index contributed by atoms with van der Waals surface area (Å²) < 4.78 is 0. The van der Waals surface area contributed by atoms with Crippen molar-refractivity contribution in [2.24, 2.45) is 0 Å². The van der Waals surface area contributed by atoms with Crippen LogP contribution in [0.1, 0.15) is 21.5 Å². The molecule has 5 rings (SSSR count). The van der Waals surface area contributed by atoms with Gasteiger partial charge in [-0.1, -0.05) is 60.7 Å². The van der Waals surface area contributed by atoms with Crippen LogP contribution in [-0.2, 0) is 11.2 Å². The van der Waals surface area contributed by atoms with Gasteiger partial charge in [0.25, 0.3) is 0 Å². The van der Waals surface area contributed by atoms with Crippen LogP contribution in [0, 0.1) is 11.3 Å². The van der Waals surface area contributed by atoms with E-state index in [0.29, 0.717) is 17.7 Å². The molecule has 0 saturated carbocycles. The van der Waals surface area contributed by atoms with E-state index in [-0.39, 0.29) is 17.4 Å². The third-order valence-electron chi connectivity index (χ3n) is 5.59. The van der Waals surface area contributed by atoms with Crippen molar-refractivity contribution in [3.05, 3.63) is 95.6 Å². The Kier molecular flexibility index (Phi) is 5.22. The molecule has 4 aromatic rings. The summed E-state index contributed by atoms with van der Waals surface area (Å²) in [5.41, 5.74) is 5.07. The van der Waals surface area contributed by atoms with Crippen LogP contribution >= 0.6 is 11.8 Å². The SMILES string of the molecule is N#CCc1ccc(NC(=O)CSc2ccc3c4c(cccc24)C(=O)c2ccccc2-3)cc1. The van der Waals surface area contributed by atoms with Gasteiger partial charge in [-0.3, -0.25) is 9.59 Å². The van der Waals surface area contributed by atoms with Crippen molar-refractivity contribution in [2.75, 3.05) is 11.1 Å². The minimum absolute atomic E-state index is 0.0402. The van der Waals surface area contributed by atoms with Crippen LogP contribution < -0.4 is 5.32 Å². The van der Waals surface area contributed by atoms with Crippen LogP contribution in [0.25, 0.3) is 21.9 Å². The number of rotatable bonds is 5. The first-order valence-electron chi connectivity index (χ1n) is 10.2. The van der Waals surface area contributed by atoms with Gasteiger partial charge in [0, 0.05) is 27.1 Å². The number of nitriles is 1. The molecule has 0 aromatic heterocycles. The minimum atomic E-state index is -0.107. The monoisotopic (exact) mass is 434 g/mol. The molecule has 0 spiro atoms. The molecule has 0 radical (unpaired) electrons. The fraction of sp³-hybridized carbons (Fsp3) is 0.0741. The number of amides is 1. The van der Waals surface area contributed by atoms with Gasteiger partial charge >= 0.3 is 0 Å². The van der Waals surface area contributed by atoms with E-state index in [1.807, 2.05) is 66.7 Å². The highest BCUT2D eigenvalue weighted by Crippen LogP contribution is 2.42. The predicted molar refractivity (Wildman–Crippen MR) is 128 cm³/mol. The van der Waals surface area contributed by atoms with Crippen molar-refractivity contribution < 1.29 is 9.59 Å². The molecule has 0 aliphatic heterocycles. The Morgan fingerprint density at radius 3 is 2.38 bits per heavy atom. The Bertz CT molecular complexity index is 1420. The molecule has 0 heterocycles. The molecule has 0 saturated heterocycles. The van der Waals surface area contributed by atoms with Gasteiger partial charge in [-0.2, -0.15) is 5.26 Å². The van der Waals surface area contributed by atoms with Gasteiger partial charge in [-0.25, -0.2) is 0 Å². The van der Waals surface area contributed by atoms with Crippen LogP contribution in [-0.4, -0.2) is 17.4 Å². The molecule has 154 valence electrons. The fourth-order valence-corrected chi connectivity index (χ4v) is 4.97. The molecule has 1 amide bonds. The highest BCUT2D eigenvalue weighted by atomic mass is 32.2. The lowest BCUT2D eigenvalue weighted by atomic mass is 9.83. The van der Waals surface area contributed by atoms with Gasteiger partial charge in [0.15, 0.2) is 5.78 Å². The number of carbonyl (C=O) groups excluding carboxylic acids is 2. The number of ketones is 1. The molecule has 1 aliphatic carbocycles. The van der Waals surface area contributed by atoms with Gasteiger partial charge in [-0.05, 0) is 40.3 Å². The summed E-state index contributed by atoms with van der Waals surface area (Å²) in [6.45, 7) is 0. The molecule has 0 bridgehead atoms. The summed E-state index contributed by atoms with van der Waals surface area (Å²) in [6.07, 6.45) is 0.349. The second kappa shape index (κ2) is 8.33. The first-order chi connectivity index (χ1) is 15.7. The molecular weight excluding hydrogens is 416 g/mol. The average Bonchev–Trinajstić information content (AvgIpc) is 2.83. The predicted octanol–water partition coefficient (Wildman–Crippen LogP) is 5.85. The summed E-state index contributed by atoms with van der Waals surface area (Å²) in [7, 11) is 0. The van der Waals surface area contributed by atoms with E-state index in [0.717, 1.165) is 37.9 Å². The van der Waals surface area contributed by atoms with Crippen molar-refractivity contribution in [1.29, 1.82) is 5.26 Å². The van der Waals surface area contributed by atoms with E-state index >= 15 is 0 Å². The van der Waals surface area contributed by atoms with E-state index in [1.165, 1.54) is 11.8 Å². The number of fused-ring (bicyclic) bond motifs is 2. The zero-order chi connectivity index (χ0) is 22.1. The van der Waals surface area contributed by atoms with Gasteiger partial charge in [0.2, 0.25) is 5.91 Å². The first-order valence-corrected chi connectivity index (χ1v) is 11.2. The summed E-state index contributed by atoms with van der Waals surface area (Å²) in [5, 5.41) is 13.6. The molecule has 32 heavy (non-hydrogen) atoms. The van der Waals surface area contributed by atoms with E-state index < -0.39 is 0 Å². The third-order valence-corrected chi connectivity index (χ3v) is 6.66. The lowest BCUT2D eigenvalue weighted by Crippen LogP contribution is -2.14. The zero-order valence-electron chi connectivity index (χ0n) is 17.1. The van der Waals surface area contributed by atoms with Crippen molar-refractivity contribution in [3.8, 4) is 17.2 Å². The van der Waals surface area contributed by atoms with Gasteiger partial charge in [0.05, 0.1) is 18.2 Å². The van der Waals surface area contributed by atoms with Crippen LogP contribution in [0.5, 0.6) is 0 Å². The van der Waals surface area contributed by atoms with Gasteiger partial charge in [0.1, 0.15) is 0 Å². The normalized spacial score (nSPS) is 11.7. The maximum absolute atomic E-state index is 13.1. The smallest absolute Gasteiger partial charge is 0.234 e. The van der Waals surface area contributed by atoms with Crippen molar-refractivity contribution in [2.45, 2.75) is 11.3 Å². The largest absolute Gasteiger partial charge is 0.325 e. The molecule has 4 nitrogen and oxygen atoms in total. The molecule has 0 atom stereocenters. The summed E-state index contributed by atoms with van der Waals surface area (Å²) in [5.74, 6) is 0.187. The number of hydrogen-bond acceptors (Lipinski definition) is 4. The third kappa shape index (κ3) is 3.55. The second-order valence-corrected chi connectivity index (χ2v) is 8.60.